The quantitative estimate of drug-likeness (QED) is 0.252. The van der Waals surface area contributed by atoms with Crippen LogP contribution >= 0.6 is 23.2 Å². The Morgan fingerprint density at radius 1 is 1.00 bits per heavy atom. The van der Waals surface area contributed by atoms with Gasteiger partial charge in [-0.2, -0.15) is 0 Å². The Morgan fingerprint density at radius 2 is 1.63 bits per heavy atom. The number of nitrogens with zero attached hydrogens (tertiary/aromatic N) is 5. The van der Waals surface area contributed by atoms with Crippen LogP contribution in [0.3, 0.4) is 0 Å². The highest BCUT2D eigenvalue weighted by Crippen LogP contribution is 2.26. The lowest BCUT2D eigenvalue weighted by atomic mass is 9.91. The molecule has 1 aliphatic carbocycles. The molecule has 0 radical (unpaired) electrons. The SMILES string of the molecule is C#C.C/C=C(\C)CC(=O)N1CCCc2nc(N3CCN(C4CCC4)CC3)ncc2CC1.C/C=C(\C)Cl.CCl. The number of piperazine rings is 1. The molecule has 1 amide bonds. The zero-order valence-corrected chi connectivity index (χ0v) is 25.6. The topological polar surface area (TPSA) is 52.6 Å². The number of terminal acetylenes is 1. The molecule has 2 fully saturated rings. The van der Waals surface area contributed by atoms with Crippen molar-refractivity contribution in [2.45, 2.75) is 78.7 Å². The summed E-state index contributed by atoms with van der Waals surface area (Å²) in [5.74, 6) is 1.14. The molecule has 212 valence electrons. The second-order valence-corrected chi connectivity index (χ2v) is 10.3. The summed E-state index contributed by atoms with van der Waals surface area (Å²) >= 11 is 9.96. The van der Waals surface area contributed by atoms with Crippen molar-refractivity contribution in [2.24, 2.45) is 0 Å². The van der Waals surface area contributed by atoms with E-state index in [0.717, 1.165) is 81.1 Å². The van der Waals surface area contributed by atoms with Gasteiger partial charge in [-0.3, -0.25) is 9.69 Å². The lowest BCUT2D eigenvalue weighted by Gasteiger charge is -2.43. The first-order valence-corrected chi connectivity index (χ1v) is 14.8. The predicted molar refractivity (Wildman–Crippen MR) is 163 cm³/mol. The van der Waals surface area contributed by atoms with Gasteiger partial charge in [0.2, 0.25) is 11.9 Å². The van der Waals surface area contributed by atoms with Crippen LogP contribution in [-0.4, -0.2) is 77.4 Å². The van der Waals surface area contributed by atoms with Crippen LogP contribution in [0.5, 0.6) is 0 Å². The Bertz CT molecular complexity index is 914. The van der Waals surface area contributed by atoms with Gasteiger partial charge in [0.25, 0.3) is 0 Å². The van der Waals surface area contributed by atoms with Crippen molar-refractivity contribution < 1.29 is 4.79 Å². The normalized spacial score (nSPS) is 18.6. The van der Waals surface area contributed by atoms with Gasteiger partial charge in [-0.05, 0) is 65.4 Å². The van der Waals surface area contributed by atoms with E-state index in [1.807, 2.05) is 50.9 Å². The minimum atomic E-state index is 0.242. The van der Waals surface area contributed by atoms with Crippen LogP contribution in [0.1, 0.15) is 71.1 Å². The van der Waals surface area contributed by atoms with Gasteiger partial charge in [-0.15, -0.1) is 24.4 Å². The van der Waals surface area contributed by atoms with Gasteiger partial charge in [-0.1, -0.05) is 35.7 Å². The number of amides is 1. The van der Waals surface area contributed by atoms with Crippen molar-refractivity contribution >= 4 is 35.1 Å². The molecule has 0 aromatic carbocycles. The van der Waals surface area contributed by atoms with Crippen LogP contribution in [0.2, 0.25) is 0 Å². The van der Waals surface area contributed by atoms with Crippen molar-refractivity contribution in [3.8, 4) is 12.8 Å². The third kappa shape index (κ3) is 11.0. The maximum Gasteiger partial charge on any atom is 0.226 e. The smallest absolute Gasteiger partial charge is 0.226 e. The first-order valence-electron chi connectivity index (χ1n) is 13.6. The summed E-state index contributed by atoms with van der Waals surface area (Å²) in [5.41, 5.74) is 3.54. The van der Waals surface area contributed by atoms with E-state index in [1.165, 1.54) is 36.9 Å². The molecule has 0 N–H and O–H groups in total. The van der Waals surface area contributed by atoms with E-state index < -0.39 is 0 Å². The monoisotopic (exact) mass is 563 g/mol. The van der Waals surface area contributed by atoms with Gasteiger partial charge in [-0.25, -0.2) is 9.97 Å². The van der Waals surface area contributed by atoms with Crippen LogP contribution < -0.4 is 4.90 Å². The van der Waals surface area contributed by atoms with Crippen LogP contribution in [0.25, 0.3) is 0 Å². The van der Waals surface area contributed by atoms with Gasteiger partial charge in [0.1, 0.15) is 0 Å². The summed E-state index contributed by atoms with van der Waals surface area (Å²) in [6, 6.07) is 0.830. The van der Waals surface area contributed by atoms with Gasteiger partial charge < -0.3 is 9.80 Å². The highest BCUT2D eigenvalue weighted by molar-refractivity contribution is 6.29. The molecule has 6 nitrogen and oxygen atoms in total. The van der Waals surface area contributed by atoms with Crippen molar-refractivity contribution in [2.75, 3.05) is 50.6 Å². The summed E-state index contributed by atoms with van der Waals surface area (Å²) in [5, 5.41) is 0.852. The zero-order chi connectivity index (χ0) is 28.5. The fraction of sp³-hybridized carbons (Fsp3) is 0.633. The average molecular weight is 565 g/mol. The maximum absolute atomic E-state index is 12.5. The number of carbonyl (C=O) groups is 1. The molecule has 0 atom stereocenters. The van der Waals surface area contributed by atoms with E-state index in [1.54, 1.807) is 0 Å². The number of aromatic nitrogens is 2. The molecule has 1 saturated heterocycles. The van der Waals surface area contributed by atoms with E-state index in [4.69, 9.17) is 21.6 Å². The Kier molecular flexibility index (Phi) is 17.0. The predicted octanol–water partition coefficient (Wildman–Crippen LogP) is 6.08. The van der Waals surface area contributed by atoms with Crippen molar-refractivity contribution in [1.29, 1.82) is 0 Å². The number of hydrogen-bond donors (Lipinski definition) is 0. The van der Waals surface area contributed by atoms with E-state index in [2.05, 4.69) is 34.2 Å². The Hall–Kier alpha value is -2.07. The third-order valence-electron chi connectivity index (χ3n) is 7.30. The lowest BCUT2D eigenvalue weighted by molar-refractivity contribution is -0.130. The minimum absolute atomic E-state index is 0.242. The number of halogens is 2. The van der Waals surface area contributed by atoms with Crippen molar-refractivity contribution in [3.63, 3.8) is 0 Å². The molecule has 8 heteroatoms. The summed E-state index contributed by atoms with van der Waals surface area (Å²) < 4.78 is 0. The van der Waals surface area contributed by atoms with Crippen LogP contribution in [0.15, 0.2) is 29.0 Å². The summed E-state index contributed by atoms with van der Waals surface area (Å²) in [6.45, 7) is 13.7. The fourth-order valence-electron chi connectivity index (χ4n) is 4.55. The van der Waals surface area contributed by atoms with Crippen LogP contribution in [-0.2, 0) is 17.6 Å². The Morgan fingerprint density at radius 3 is 2.16 bits per heavy atom. The average Bonchev–Trinajstić information content (AvgIpc) is 2.91. The number of aryl methyl sites for hydroxylation is 1. The van der Waals surface area contributed by atoms with E-state index in [9.17, 15) is 4.79 Å². The number of allylic oxidation sites excluding steroid dienone is 3. The summed E-state index contributed by atoms with van der Waals surface area (Å²) in [6.07, 6.45) is 22.8. The molecule has 2 aliphatic heterocycles. The van der Waals surface area contributed by atoms with Crippen molar-refractivity contribution in [3.05, 3.63) is 40.2 Å². The molecule has 3 heterocycles. The number of rotatable bonds is 4. The molecule has 0 unspecified atom stereocenters. The number of alkyl halides is 1. The second-order valence-electron chi connectivity index (χ2n) is 9.67. The first kappa shape index (κ1) is 34.0. The maximum atomic E-state index is 12.5. The molecular formula is C30H47Cl2N5O. The molecule has 0 bridgehead atoms. The standard InChI is InChI=1S/C23H35N5O.C4H7Cl.C2H2.CH3Cl/c1-3-18(2)16-22(29)27-10-5-8-21-19(9-11-27)17-24-23(25-21)28-14-12-26(13-15-28)20-6-4-7-20;1-3-4(2)5;2*1-2/h3,17,20H,4-16H2,1-2H3;3H,1-2H3;1-2H;1H3/b18-3+;4-3+;;. The molecule has 3 aliphatic rings. The highest BCUT2D eigenvalue weighted by atomic mass is 35.5. The molecule has 0 spiro atoms. The molecule has 1 aromatic rings. The lowest BCUT2D eigenvalue weighted by Crippen LogP contribution is -2.52. The van der Waals surface area contributed by atoms with Gasteiger partial charge >= 0.3 is 0 Å². The molecule has 1 saturated carbocycles. The molecule has 1 aromatic heterocycles. The Balaban J connectivity index is 0.000000709. The molecular weight excluding hydrogens is 517 g/mol. The number of carbonyl (C=O) groups excluding carboxylic acids is 1. The van der Waals surface area contributed by atoms with Gasteiger partial charge in [0, 0.05) is 75.0 Å². The summed E-state index contributed by atoms with van der Waals surface area (Å²) in [7, 11) is 0. The second kappa shape index (κ2) is 19.1. The first-order chi connectivity index (χ1) is 18.4. The third-order valence-corrected chi connectivity index (χ3v) is 7.51. The van der Waals surface area contributed by atoms with Gasteiger partial charge in [0.15, 0.2) is 0 Å². The largest absolute Gasteiger partial charge is 0.342 e. The fourth-order valence-corrected chi connectivity index (χ4v) is 4.55. The summed E-state index contributed by atoms with van der Waals surface area (Å²) in [4.78, 5) is 29.2. The van der Waals surface area contributed by atoms with Crippen LogP contribution in [0.4, 0.5) is 5.95 Å². The van der Waals surface area contributed by atoms with Crippen LogP contribution in [0, 0.1) is 12.8 Å². The number of hydrogen-bond acceptors (Lipinski definition) is 5. The minimum Gasteiger partial charge on any atom is -0.342 e. The van der Waals surface area contributed by atoms with E-state index >= 15 is 0 Å². The van der Waals surface area contributed by atoms with E-state index in [0.29, 0.717) is 6.42 Å². The van der Waals surface area contributed by atoms with Gasteiger partial charge in [0.05, 0.1) is 0 Å². The number of anilines is 1. The zero-order valence-electron chi connectivity index (χ0n) is 24.1. The van der Waals surface area contributed by atoms with E-state index in [-0.39, 0.29) is 5.91 Å². The molecule has 38 heavy (non-hydrogen) atoms. The number of fused-ring (bicyclic) bond motifs is 1. The van der Waals surface area contributed by atoms with Crippen molar-refractivity contribution in [1.82, 2.24) is 19.8 Å². The Labute approximate surface area is 241 Å². The highest BCUT2D eigenvalue weighted by Gasteiger charge is 2.29. The molecule has 4 rings (SSSR count).